The highest BCUT2D eigenvalue weighted by atomic mass is 16.5. The third-order valence-corrected chi connectivity index (χ3v) is 6.17. The molecule has 3 N–H and O–H groups in total. The van der Waals surface area contributed by atoms with Crippen molar-refractivity contribution >= 4 is 33.6 Å². The number of aromatic amines is 1. The summed E-state index contributed by atoms with van der Waals surface area (Å²) in [6.45, 7) is 6.63. The molecule has 0 fully saturated rings. The molecule has 0 aliphatic carbocycles. The van der Waals surface area contributed by atoms with Gasteiger partial charge in [0.15, 0.2) is 5.82 Å². The molecule has 0 amide bonds. The molecule has 36 heavy (non-hydrogen) atoms. The number of para-hydroxylation sites is 1. The summed E-state index contributed by atoms with van der Waals surface area (Å²) in [6, 6.07) is 20.1. The van der Waals surface area contributed by atoms with Gasteiger partial charge in [0.25, 0.3) is 0 Å². The van der Waals surface area contributed by atoms with E-state index >= 15 is 0 Å². The van der Waals surface area contributed by atoms with Crippen molar-refractivity contribution in [3.05, 3.63) is 71.9 Å². The van der Waals surface area contributed by atoms with E-state index in [0.29, 0.717) is 18.2 Å². The molecular weight excluding hydrogens is 454 g/mol. The number of anilines is 1. The van der Waals surface area contributed by atoms with Crippen LogP contribution in [-0.4, -0.2) is 32.6 Å². The van der Waals surface area contributed by atoms with Gasteiger partial charge in [-0.05, 0) is 62.2 Å². The van der Waals surface area contributed by atoms with Crippen molar-refractivity contribution in [3.63, 3.8) is 0 Å². The van der Waals surface area contributed by atoms with Crippen LogP contribution in [0.4, 0.5) is 5.82 Å². The quantitative estimate of drug-likeness (QED) is 0.285. The Morgan fingerprint density at radius 1 is 1.06 bits per heavy atom. The minimum Gasteiger partial charge on any atom is -0.487 e. The largest absolute Gasteiger partial charge is 0.487 e. The molecule has 0 spiro atoms. The van der Waals surface area contributed by atoms with Gasteiger partial charge in [-0.15, -0.1) is 0 Å². The maximum Gasteiger partial charge on any atom is 0.310 e. The molecule has 3 aromatic carbocycles. The maximum atomic E-state index is 12.0. The molecule has 0 radical (unpaired) electrons. The zero-order valence-electron chi connectivity index (χ0n) is 20.6. The second-order valence-electron chi connectivity index (χ2n) is 8.96. The van der Waals surface area contributed by atoms with E-state index in [-0.39, 0.29) is 25.0 Å². The predicted octanol–water partition coefficient (Wildman–Crippen LogP) is 5.43. The fourth-order valence-corrected chi connectivity index (χ4v) is 4.40. The third-order valence-electron chi connectivity index (χ3n) is 6.17. The van der Waals surface area contributed by atoms with Crippen molar-refractivity contribution in [1.82, 2.24) is 20.0 Å². The van der Waals surface area contributed by atoms with E-state index in [1.807, 2.05) is 41.1 Å². The number of nitrogens with two attached hydrogens (primary N) is 1. The number of benzene rings is 3. The predicted molar refractivity (Wildman–Crippen MR) is 141 cm³/mol. The Bertz CT molecular complexity index is 1550. The average molecular weight is 484 g/mol. The number of nitrogens with zero attached hydrogens (tertiary/aromatic N) is 3. The fraction of sp³-hybridized carbons (Fsp3) is 0.250. The summed E-state index contributed by atoms with van der Waals surface area (Å²) in [5.74, 6) is 0.855. The van der Waals surface area contributed by atoms with Gasteiger partial charge in [-0.2, -0.15) is 10.2 Å². The van der Waals surface area contributed by atoms with E-state index in [0.717, 1.165) is 44.2 Å². The van der Waals surface area contributed by atoms with Crippen molar-refractivity contribution in [3.8, 4) is 16.9 Å². The Balaban J connectivity index is 1.49. The van der Waals surface area contributed by atoms with Gasteiger partial charge < -0.3 is 15.2 Å². The second-order valence-corrected chi connectivity index (χ2v) is 8.96. The number of ether oxygens (including phenoxy) is 2. The minimum absolute atomic E-state index is 0.162. The average Bonchev–Trinajstić information content (AvgIpc) is 3.43. The van der Waals surface area contributed by atoms with E-state index in [1.165, 1.54) is 0 Å². The molecule has 0 bridgehead atoms. The lowest BCUT2D eigenvalue weighted by Crippen LogP contribution is -2.09. The van der Waals surface area contributed by atoms with Gasteiger partial charge in [0.1, 0.15) is 18.1 Å². The van der Waals surface area contributed by atoms with Crippen molar-refractivity contribution in [2.75, 3.05) is 12.3 Å². The third kappa shape index (κ3) is 4.49. The topological polar surface area (TPSA) is 108 Å². The van der Waals surface area contributed by atoms with Crippen molar-refractivity contribution in [2.24, 2.45) is 0 Å². The summed E-state index contributed by atoms with van der Waals surface area (Å²) < 4.78 is 13.3. The second kappa shape index (κ2) is 9.73. The van der Waals surface area contributed by atoms with Crippen LogP contribution < -0.4 is 10.5 Å². The zero-order valence-corrected chi connectivity index (χ0v) is 20.6. The summed E-state index contributed by atoms with van der Waals surface area (Å²) in [4.78, 5) is 12.0. The lowest BCUT2D eigenvalue weighted by atomic mass is 10.0. The van der Waals surface area contributed by atoms with Crippen LogP contribution in [0.5, 0.6) is 5.75 Å². The molecule has 0 aliphatic heterocycles. The lowest BCUT2D eigenvalue weighted by molar-refractivity contribution is -0.142. The number of H-pyrrole nitrogens is 1. The number of nitrogens with one attached hydrogen (secondary N) is 1. The van der Waals surface area contributed by atoms with E-state index in [4.69, 9.17) is 20.3 Å². The van der Waals surface area contributed by atoms with E-state index in [9.17, 15) is 4.79 Å². The number of fused-ring (bicyclic) bond motifs is 2. The molecule has 5 aromatic rings. The van der Waals surface area contributed by atoms with E-state index in [1.54, 1.807) is 6.92 Å². The number of carbonyl (C=O) groups excluding carboxylic acids is 1. The zero-order chi connectivity index (χ0) is 25.2. The van der Waals surface area contributed by atoms with Gasteiger partial charge >= 0.3 is 5.97 Å². The summed E-state index contributed by atoms with van der Waals surface area (Å²) in [5.41, 5.74) is 11.7. The molecule has 0 saturated heterocycles. The normalized spacial score (nSPS) is 11.4. The van der Waals surface area contributed by atoms with Crippen molar-refractivity contribution in [2.45, 2.75) is 39.8 Å². The van der Waals surface area contributed by atoms with Gasteiger partial charge in [-0.25, -0.2) is 0 Å². The van der Waals surface area contributed by atoms with Gasteiger partial charge in [0.05, 0.1) is 24.1 Å². The molecule has 2 aromatic heterocycles. The van der Waals surface area contributed by atoms with Gasteiger partial charge in [-0.3, -0.25) is 14.6 Å². The SMILES string of the molecule is CCOC(=O)Cc1ccccc1OCc1nn(C(C)C)c2ccc(-c3ccc4[nH]nc(N)c4c3)cc12. The van der Waals surface area contributed by atoms with Gasteiger partial charge in [0.2, 0.25) is 0 Å². The molecular formula is C28H29N5O3. The van der Waals surface area contributed by atoms with E-state index in [2.05, 4.69) is 48.3 Å². The van der Waals surface area contributed by atoms with Crippen LogP contribution in [-0.2, 0) is 22.6 Å². The molecule has 8 nitrogen and oxygen atoms in total. The highest BCUT2D eigenvalue weighted by molar-refractivity contribution is 5.94. The lowest BCUT2D eigenvalue weighted by Gasteiger charge is -2.10. The standard InChI is InChI=1S/C28H29N5O3/c1-4-35-27(34)15-20-7-5-6-8-26(20)36-16-24-21-13-19(10-12-25(21)33(32-24)17(2)3)18-9-11-23-22(14-18)28(29)31-30-23/h5-14,17H,4,15-16H2,1-3H3,(H3,29,30,31). The van der Waals surface area contributed by atoms with E-state index < -0.39 is 0 Å². The molecule has 0 atom stereocenters. The maximum absolute atomic E-state index is 12.0. The number of esters is 1. The Morgan fingerprint density at radius 3 is 2.58 bits per heavy atom. The Morgan fingerprint density at radius 2 is 1.81 bits per heavy atom. The number of hydrogen-bond donors (Lipinski definition) is 2. The molecule has 184 valence electrons. The van der Waals surface area contributed by atoms with Crippen LogP contribution in [0.2, 0.25) is 0 Å². The highest BCUT2D eigenvalue weighted by Crippen LogP contribution is 2.31. The number of nitrogen functional groups attached to an aromatic ring is 1. The smallest absolute Gasteiger partial charge is 0.310 e. The summed E-state index contributed by atoms with van der Waals surface area (Å²) in [5, 5.41) is 13.8. The Kier molecular flexibility index (Phi) is 6.33. The molecule has 0 unspecified atom stereocenters. The molecule has 0 aliphatic rings. The fourth-order valence-electron chi connectivity index (χ4n) is 4.40. The van der Waals surface area contributed by atoms with Gasteiger partial charge in [-0.1, -0.05) is 30.3 Å². The molecule has 2 heterocycles. The number of aromatic nitrogens is 4. The number of hydrogen-bond acceptors (Lipinski definition) is 6. The number of rotatable bonds is 8. The van der Waals surface area contributed by atoms with Crippen molar-refractivity contribution < 1.29 is 14.3 Å². The Hall–Kier alpha value is -4.33. The highest BCUT2D eigenvalue weighted by Gasteiger charge is 2.16. The monoisotopic (exact) mass is 483 g/mol. The summed E-state index contributed by atoms with van der Waals surface area (Å²) in [7, 11) is 0. The van der Waals surface area contributed by atoms with Crippen LogP contribution in [0.15, 0.2) is 60.7 Å². The van der Waals surface area contributed by atoms with Crippen LogP contribution in [0.3, 0.4) is 0 Å². The molecule has 5 rings (SSSR count). The van der Waals surface area contributed by atoms with Crippen LogP contribution in [0.1, 0.15) is 38.1 Å². The van der Waals surface area contributed by atoms with Crippen LogP contribution in [0.25, 0.3) is 32.9 Å². The van der Waals surface area contributed by atoms with Crippen molar-refractivity contribution in [1.29, 1.82) is 0 Å². The first-order valence-electron chi connectivity index (χ1n) is 12.1. The summed E-state index contributed by atoms with van der Waals surface area (Å²) in [6.07, 6.45) is 0.162. The van der Waals surface area contributed by atoms with Crippen LogP contribution in [0, 0.1) is 0 Å². The first-order chi connectivity index (χ1) is 17.4. The molecule has 0 saturated carbocycles. The first kappa shape index (κ1) is 23.4. The Labute approximate surface area is 209 Å². The van der Waals surface area contributed by atoms with Crippen LogP contribution >= 0.6 is 0 Å². The summed E-state index contributed by atoms with van der Waals surface area (Å²) >= 11 is 0. The first-order valence-corrected chi connectivity index (χ1v) is 12.1. The number of carbonyl (C=O) groups is 1. The minimum atomic E-state index is -0.275. The molecule has 8 heteroatoms. The van der Waals surface area contributed by atoms with Gasteiger partial charge in [0, 0.05) is 22.4 Å².